The lowest BCUT2D eigenvalue weighted by Gasteiger charge is -2.04. The van der Waals surface area contributed by atoms with Gasteiger partial charge in [-0.2, -0.15) is 14.6 Å². The van der Waals surface area contributed by atoms with Crippen molar-refractivity contribution in [3.8, 4) is 0 Å². The van der Waals surface area contributed by atoms with Gasteiger partial charge < -0.3 is 5.32 Å². The van der Waals surface area contributed by atoms with Gasteiger partial charge in [0.05, 0.1) is 0 Å². The van der Waals surface area contributed by atoms with Gasteiger partial charge in [-0.3, -0.25) is 0 Å². The zero-order valence-electron chi connectivity index (χ0n) is 8.36. The van der Waals surface area contributed by atoms with Crippen LogP contribution in [0.3, 0.4) is 0 Å². The maximum atomic E-state index is 4.38. The number of nitrogens with zero attached hydrogens (tertiary/aromatic N) is 4. The molecule has 0 bridgehead atoms. The lowest BCUT2D eigenvalue weighted by molar-refractivity contribution is 0.859. The average Bonchev–Trinajstić information content (AvgIpc) is 2.65. The summed E-state index contributed by atoms with van der Waals surface area (Å²) in [5.41, 5.74) is 1.05. The second-order valence-corrected chi connectivity index (χ2v) is 3.10. The summed E-state index contributed by atoms with van der Waals surface area (Å²) < 4.78 is 1.69. The third-order valence-electron chi connectivity index (χ3n) is 2.07. The Morgan fingerprint density at radius 2 is 2.36 bits per heavy atom. The summed E-state index contributed by atoms with van der Waals surface area (Å²) in [7, 11) is 1.87. The second kappa shape index (κ2) is 3.61. The minimum absolute atomic E-state index is 0.653. The van der Waals surface area contributed by atoms with Gasteiger partial charge >= 0.3 is 0 Å². The first-order valence-electron chi connectivity index (χ1n) is 4.72. The Morgan fingerprint density at radius 1 is 1.50 bits per heavy atom. The molecule has 0 spiro atoms. The molecule has 0 aliphatic carbocycles. The van der Waals surface area contributed by atoms with E-state index in [4.69, 9.17) is 0 Å². The number of nitrogens with one attached hydrogen (secondary N) is 1. The van der Waals surface area contributed by atoms with E-state index in [2.05, 4.69) is 27.3 Å². The number of aromatic nitrogens is 4. The Morgan fingerprint density at radius 3 is 3.07 bits per heavy atom. The van der Waals surface area contributed by atoms with Gasteiger partial charge in [0.1, 0.15) is 12.1 Å². The predicted molar refractivity (Wildman–Crippen MR) is 54.3 cm³/mol. The highest BCUT2D eigenvalue weighted by Crippen LogP contribution is 2.10. The van der Waals surface area contributed by atoms with E-state index in [-0.39, 0.29) is 0 Å². The molecule has 5 nitrogen and oxygen atoms in total. The van der Waals surface area contributed by atoms with E-state index in [0.29, 0.717) is 5.78 Å². The maximum absolute atomic E-state index is 4.38. The molecule has 14 heavy (non-hydrogen) atoms. The fourth-order valence-electron chi connectivity index (χ4n) is 1.42. The summed E-state index contributed by atoms with van der Waals surface area (Å²) in [4.78, 5) is 8.45. The van der Waals surface area contributed by atoms with Gasteiger partial charge in [0, 0.05) is 18.8 Å². The first-order valence-corrected chi connectivity index (χ1v) is 4.72. The third kappa shape index (κ3) is 1.41. The largest absolute Gasteiger partial charge is 0.373 e. The van der Waals surface area contributed by atoms with Crippen LogP contribution < -0.4 is 5.32 Å². The van der Waals surface area contributed by atoms with Crippen molar-refractivity contribution in [1.29, 1.82) is 0 Å². The van der Waals surface area contributed by atoms with Gasteiger partial charge in [-0.15, -0.1) is 0 Å². The SMILES string of the molecule is CCCc1cc(NC)n2ncnc2n1. The maximum Gasteiger partial charge on any atom is 0.254 e. The van der Waals surface area contributed by atoms with E-state index in [1.807, 2.05) is 13.1 Å². The van der Waals surface area contributed by atoms with Gasteiger partial charge in [-0.25, -0.2) is 4.98 Å². The van der Waals surface area contributed by atoms with Crippen molar-refractivity contribution >= 4 is 11.6 Å². The number of fused-ring (bicyclic) bond motifs is 1. The van der Waals surface area contributed by atoms with Crippen LogP contribution in [0, 0.1) is 0 Å². The molecule has 0 atom stereocenters. The molecule has 0 amide bonds. The van der Waals surface area contributed by atoms with Crippen LogP contribution in [0.5, 0.6) is 0 Å². The van der Waals surface area contributed by atoms with Crippen LogP contribution in [0.15, 0.2) is 12.4 Å². The molecule has 0 aromatic carbocycles. The highest BCUT2D eigenvalue weighted by Gasteiger charge is 2.04. The Hall–Kier alpha value is -1.65. The number of aryl methyl sites for hydroxylation is 1. The quantitative estimate of drug-likeness (QED) is 0.789. The van der Waals surface area contributed by atoms with Gasteiger partial charge in [0.15, 0.2) is 0 Å². The monoisotopic (exact) mass is 191 g/mol. The predicted octanol–water partition coefficient (Wildman–Crippen LogP) is 1.12. The minimum atomic E-state index is 0.653. The molecule has 0 unspecified atom stereocenters. The number of rotatable bonds is 3. The molecule has 0 fully saturated rings. The van der Waals surface area contributed by atoms with Crippen molar-refractivity contribution in [2.45, 2.75) is 19.8 Å². The second-order valence-electron chi connectivity index (χ2n) is 3.10. The van der Waals surface area contributed by atoms with E-state index < -0.39 is 0 Å². The standard InChI is InChI=1S/C9H13N5/c1-3-4-7-5-8(10-2)14-9(13-7)11-6-12-14/h5-6,10H,3-4H2,1-2H3. The number of hydrogen-bond donors (Lipinski definition) is 1. The van der Waals surface area contributed by atoms with Crippen LogP contribution in [0.25, 0.3) is 5.78 Å². The van der Waals surface area contributed by atoms with Gasteiger partial charge in [0.25, 0.3) is 5.78 Å². The Labute approximate surface area is 82.2 Å². The molecule has 0 aliphatic rings. The number of anilines is 1. The van der Waals surface area contributed by atoms with Crippen molar-refractivity contribution in [3.63, 3.8) is 0 Å². The average molecular weight is 191 g/mol. The molecule has 0 saturated carbocycles. The van der Waals surface area contributed by atoms with Crippen molar-refractivity contribution < 1.29 is 0 Å². The molecular formula is C9H13N5. The molecule has 2 aromatic heterocycles. The van der Waals surface area contributed by atoms with Crippen molar-refractivity contribution in [2.24, 2.45) is 0 Å². The first kappa shape index (κ1) is 8.93. The van der Waals surface area contributed by atoms with Gasteiger partial charge in [-0.05, 0) is 6.42 Å². The normalized spacial score (nSPS) is 10.7. The Bertz CT molecular complexity index is 434. The molecule has 2 heterocycles. The molecule has 74 valence electrons. The highest BCUT2D eigenvalue weighted by atomic mass is 15.3. The van der Waals surface area contributed by atoms with Crippen LogP contribution in [-0.2, 0) is 6.42 Å². The summed E-state index contributed by atoms with van der Waals surface area (Å²) in [6.45, 7) is 2.13. The van der Waals surface area contributed by atoms with E-state index in [9.17, 15) is 0 Å². The van der Waals surface area contributed by atoms with E-state index in [1.54, 1.807) is 4.52 Å². The number of hydrogen-bond acceptors (Lipinski definition) is 4. The van der Waals surface area contributed by atoms with Crippen LogP contribution in [0.4, 0.5) is 5.82 Å². The van der Waals surface area contributed by atoms with Gasteiger partial charge in [0.2, 0.25) is 0 Å². The minimum Gasteiger partial charge on any atom is -0.373 e. The Balaban J connectivity index is 2.55. The van der Waals surface area contributed by atoms with Crippen molar-refractivity contribution in [2.75, 3.05) is 12.4 Å². The van der Waals surface area contributed by atoms with Crippen molar-refractivity contribution in [3.05, 3.63) is 18.1 Å². The van der Waals surface area contributed by atoms with Crippen LogP contribution >= 0.6 is 0 Å². The highest BCUT2D eigenvalue weighted by molar-refractivity contribution is 5.44. The van der Waals surface area contributed by atoms with Crippen LogP contribution in [0.1, 0.15) is 19.0 Å². The van der Waals surface area contributed by atoms with E-state index in [1.165, 1.54) is 6.33 Å². The van der Waals surface area contributed by atoms with E-state index >= 15 is 0 Å². The van der Waals surface area contributed by atoms with Gasteiger partial charge in [-0.1, -0.05) is 13.3 Å². The Kier molecular flexibility index (Phi) is 2.30. The van der Waals surface area contributed by atoms with Crippen molar-refractivity contribution in [1.82, 2.24) is 19.6 Å². The summed E-state index contributed by atoms with van der Waals surface area (Å²) in [5.74, 6) is 1.58. The molecule has 1 N–H and O–H groups in total. The summed E-state index contributed by atoms with van der Waals surface area (Å²) in [6, 6.07) is 2.01. The zero-order valence-corrected chi connectivity index (χ0v) is 8.36. The first-order chi connectivity index (χ1) is 6.85. The molecular weight excluding hydrogens is 178 g/mol. The van der Waals surface area contributed by atoms with Crippen LogP contribution in [-0.4, -0.2) is 26.6 Å². The van der Waals surface area contributed by atoms with Crippen LogP contribution in [0.2, 0.25) is 0 Å². The topological polar surface area (TPSA) is 55.1 Å². The fraction of sp³-hybridized carbons (Fsp3) is 0.444. The molecule has 2 aromatic rings. The fourth-order valence-corrected chi connectivity index (χ4v) is 1.42. The van der Waals surface area contributed by atoms with E-state index in [0.717, 1.165) is 24.4 Å². The lowest BCUT2D eigenvalue weighted by Crippen LogP contribution is -2.03. The zero-order chi connectivity index (χ0) is 9.97. The third-order valence-corrected chi connectivity index (χ3v) is 2.07. The smallest absolute Gasteiger partial charge is 0.254 e. The summed E-state index contributed by atoms with van der Waals surface area (Å²) in [5, 5.41) is 7.15. The molecule has 0 saturated heterocycles. The summed E-state index contributed by atoms with van der Waals surface area (Å²) >= 11 is 0. The molecule has 0 radical (unpaired) electrons. The molecule has 0 aliphatic heterocycles. The summed E-state index contributed by atoms with van der Waals surface area (Å²) in [6.07, 6.45) is 3.57. The lowest BCUT2D eigenvalue weighted by atomic mass is 10.2. The molecule has 5 heteroatoms. The molecule has 2 rings (SSSR count).